The Balaban J connectivity index is 1.43. The monoisotopic (exact) mass is 525 g/mol. The predicted octanol–water partition coefficient (Wildman–Crippen LogP) is 2.71. The van der Waals surface area contributed by atoms with Gasteiger partial charge in [0.25, 0.3) is 5.91 Å². The van der Waals surface area contributed by atoms with Crippen LogP contribution in [-0.4, -0.2) is 42.5 Å². The minimum Gasteiger partial charge on any atom is -0.478 e. The highest BCUT2D eigenvalue weighted by molar-refractivity contribution is 8.00. The van der Waals surface area contributed by atoms with Gasteiger partial charge in [0.05, 0.1) is 27.0 Å². The molecule has 1 aliphatic rings. The van der Waals surface area contributed by atoms with Crippen LogP contribution in [0.3, 0.4) is 0 Å². The number of sulfonamides is 1. The average molecular weight is 526 g/mol. The van der Waals surface area contributed by atoms with Gasteiger partial charge in [-0.05, 0) is 60.7 Å². The summed E-state index contributed by atoms with van der Waals surface area (Å²) in [6, 6.07) is 17.6. The van der Waals surface area contributed by atoms with Crippen molar-refractivity contribution < 1.29 is 32.7 Å². The molecule has 1 fully saturated rings. The van der Waals surface area contributed by atoms with E-state index in [1.165, 1.54) is 54.2 Å². The van der Waals surface area contributed by atoms with Gasteiger partial charge in [-0.1, -0.05) is 12.1 Å². The van der Waals surface area contributed by atoms with Gasteiger partial charge in [0.2, 0.25) is 21.8 Å². The molecule has 1 aliphatic heterocycles. The number of aromatic carboxylic acids is 1. The number of nitrogens with two attached hydrogens (primary N) is 1. The normalized spacial score (nSPS) is 15.7. The number of anilines is 2. The third-order valence-corrected chi connectivity index (χ3v) is 7.45. The Morgan fingerprint density at radius 3 is 2.14 bits per heavy atom. The Labute approximate surface area is 210 Å². The van der Waals surface area contributed by atoms with Crippen LogP contribution in [0.2, 0.25) is 0 Å². The second kappa shape index (κ2) is 9.93. The Hall–Kier alpha value is -4.00. The van der Waals surface area contributed by atoms with Crippen LogP contribution in [0.1, 0.15) is 27.1 Å². The summed E-state index contributed by atoms with van der Waals surface area (Å²) < 4.78 is 22.9. The number of carbonyl (C=O) groups excluding carboxylic acids is 3. The number of carbonyl (C=O) groups is 4. The molecular weight excluding hydrogens is 506 g/mol. The van der Waals surface area contributed by atoms with E-state index in [-0.39, 0.29) is 28.1 Å². The molecular formula is C24H19N3O7S2. The maximum atomic E-state index is 12.9. The molecule has 1 heterocycles. The molecule has 0 saturated carbocycles. The molecule has 4 N–H and O–H groups in total. The van der Waals surface area contributed by atoms with Gasteiger partial charge in [-0.25, -0.2) is 23.3 Å². The van der Waals surface area contributed by atoms with E-state index in [0.717, 1.165) is 4.90 Å². The maximum Gasteiger partial charge on any atom is 0.336 e. The van der Waals surface area contributed by atoms with Crippen LogP contribution in [-0.2, 0) is 19.6 Å². The van der Waals surface area contributed by atoms with E-state index in [0.29, 0.717) is 10.6 Å². The van der Waals surface area contributed by atoms with Crippen molar-refractivity contribution in [1.29, 1.82) is 0 Å². The molecule has 10 nitrogen and oxygen atoms in total. The van der Waals surface area contributed by atoms with Gasteiger partial charge in [0.15, 0.2) is 0 Å². The highest BCUT2D eigenvalue weighted by Crippen LogP contribution is 2.34. The molecule has 4 rings (SSSR count). The van der Waals surface area contributed by atoms with E-state index < -0.39 is 39.0 Å². The lowest BCUT2D eigenvalue weighted by atomic mass is 10.1. The van der Waals surface area contributed by atoms with Crippen LogP contribution < -0.4 is 15.4 Å². The molecule has 1 saturated heterocycles. The Kier molecular flexibility index (Phi) is 6.93. The first-order chi connectivity index (χ1) is 17.0. The number of thioether (sulfide) groups is 1. The topological polar surface area (TPSA) is 164 Å². The van der Waals surface area contributed by atoms with Gasteiger partial charge in [-0.3, -0.25) is 14.4 Å². The fraction of sp³-hybridized carbons (Fsp3) is 0.0833. The van der Waals surface area contributed by atoms with Crippen LogP contribution >= 0.6 is 11.8 Å². The summed E-state index contributed by atoms with van der Waals surface area (Å²) in [4.78, 5) is 50.8. The van der Waals surface area contributed by atoms with E-state index >= 15 is 0 Å². The van der Waals surface area contributed by atoms with Gasteiger partial charge < -0.3 is 10.4 Å². The van der Waals surface area contributed by atoms with Crippen molar-refractivity contribution in [1.82, 2.24) is 0 Å². The Bertz CT molecular complexity index is 1470. The highest BCUT2D eigenvalue weighted by Gasteiger charge is 2.40. The Morgan fingerprint density at radius 1 is 0.944 bits per heavy atom. The van der Waals surface area contributed by atoms with Crippen LogP contribution in [0.25, 0.3) is 0 Å². The summed E-state index contributed by atoms with van der Waals surface area (Å²) in [5.74, 6) is -2.63. The molecule has 36 heavy (non-hydrogen) atoms. The minimum atomic E-state index is -3.90. The van der Waals surface area contributed by atoms with Gasteiger partial charge in [0, 0.05) is 17.0 Å². The number of benzene rings is 3. The summed E-state index contributed by atoms with van der Waals surface area (Å²) in [7, 11) is -3.90. The Morgan fingerprint density at radius 2 is 1.56 bits per heavy atom. The summed E-state index contributed by atoms with van der Waals surface area (Å²) in [5.41, 5.74) is 0.585. The van der Waals surface area contributed by atoms with Gasteiger partial charge in [0.1, 0.15) is 0 Å². The predicted molar refractivity (Wildman–Crippen MR) is 132 cm³/mol. The number of carboxylic acid groups (broad SMARTS) is 1. The van der Waals surface area contributed by atoms with Crippen molar-refractivity contribution in [2.45, 2.75) is 21.5 Å². The molecule has 184 valence electrons. The van der Waals surface area contributed by atoms with Crippen molar-refractivity contribution >= 4 is 56.9 Å². The third-order valence-electron chi connectivity index (χ3n) is 5.32. The molecule has 0 spiro atoms. The molecule has 1 unspecified atom stereocenters. The highest BCUT2D eigenvalue weighted by atomic mass is 32.2. The van der Waals surface area contributed by atoms with Crippen molar-refractivity contribution in [2.75, 3.05) is 10.2 Å². The van der Waals surface area contributed by atoms with Crippen molar-refractivity contribution in [2.24, 2.45) is 5.14 Å². The van der Waals surface area contributed by atoms with Crippen molar-refractivity contribution in [3.05, 3.63) is 83.9 Å². The largest absolute Gasteiger partial charge is 0.478 e. The lowest BCUT2D eigenvalue weighted by Crippen LogP contribution is -2.31. The zero-order valence-corrected chi connectivity index (χ0v) is 20.1. The second-order valence-electron chi connectivity index (χ2n) is 7.75. The lowest BCUT2D eigenvalue weighted by Gasteiger charge is -2.15. The fourth-order valence-corrected chi connectivity index (χ4v) is 5.17. The second-order valence-corrected chi connectivity index (χ2v) is 10.6. The summed E-state index contributed by atoms with van der Waals surface area (Å²) >= 11 is 1.18. The number of hydrogen-bond acceptors (Lipinski definition) is 7. The molecule has 0 bridgehead atoms. The molecule has 3 aromatic rings. The molecule has 3 amide bonds. The first-order valence-corrected chi connectivity index (χ1v) is 12.9. The zero-order valence-electron chi connectivity index (χ0n) is 18.5. The number of nitrogens with one attached hydrogen (secondary N) is 1. The standard InChI is InChI=1S/C24H19N3O7S2/c25-36(33,34)17-11-7-15(8-12-17)27-21(28)13-20(23(27)30)35-16-9-5-14(6-10-16)26-22(29)18-3-1-2-4-19(18)24(31)32/h1-12,20H,13H2,(H,26,29)(H,31,32)(H2,25,33,34). The van der Waals surface area contributed by atoms with Crippen LogP contribution in [0.15, 0.2) is 82.6 Å². The number of primary sulfonamides is 1. The number of rotatable bonds is 7. The van der Waals surface area contributed by atoms with E-state index in [1.54, 1.807) is 30.3 Å². The third kappa shape index (κ3) is 5.30. The molecule has 0 aromatic heterocycles. The smallest absolute Gasteiger partial charge is 0.336 e. The van der Waals surface area contributed by atoms with Crippen LogP contribution in [0.5, 0.6) is 0 Å². The molecule has 0 aliphatic carbocycles. The number of hydrogen-bond donors (Lipinski definition) is 3. The van der Waals surface area contributed by atoms with Gasteiger partial charge in [-0.2, -0.15) is 0 Å². The van der Waals surface area contributed by atoms with Crippen LogP contribution in [0.4, 0.5) is 11.4 Å². The fourth-order valence-electron chi connectivity index (χ4n) is 3.60. The summed E-state index contributed by atoms with van der Waals surface area (Å²) in [5, 5.41) is 16.3. The first kappa shape index (κ1) is 25.1. The van der Waals surface area contributed by atoms with E-state index in [2.05, 4.69) is 5.32 Å². The average Bonchev–Trinajstić information content (AvgIpc) is 3.12. The SMILES string of the molecule is NS(=O)(=O)c1ccc(N2C(=O)CC(Sc3ccc(NC(=O)c4ccccc4C(=O)O)cc3)C2=O)cc1. The molecule has 0 radical (unpaired) electrons. The number of amides is 3. The number of imide groups is 1. The quantitative estimate of drug-likeness (QED) is 0.396. The van der Waals surface area contributed by atoms with Crippen molar-refractivity contribution in [3.8, 4) is 0 Å². The van der Waals surface area contributed by atoms with Gasteiger partial charge in [-0.15, -0.1) is 11.8 Å². The van der Waals surface area contributed by atoms with Crippen molar-refractivity contribution in [3.63, 3.8) is 0 Å². The van der Waals surface area contributed by atoms with Crippen LogP contribution in [0, 0.1) is 0 Å². The maximum absolute atomic E-state index is 12.9. The van der Waals surface area contributed by atoms with E-state index in [4.69, 9.17) is 5.14 Å². The first-order valence-electron chi connectivity index (χ1n) is 10.4. The van der Waals surface area contributed by atoms with E-state index in [9.17, 15) is 32.7 Å². The van der Waals surface area contributed by atoms with Gasteiger partial charge >= 0.3 is 5.97 Å². The minimum absolute atomic E-state index is 0.0238. The summed E-state index contributed by atoms with van der Waals surface area (Å²) in [6.45, 7) is 0. The van der Waals surface area contributed by atoms with E-state index in [1.807, 2.05) is 0 Å². The zero-order chi connectivity index (χ0) is 26.0. The summed E-state index contributed by atoms with van der Waals surface area (Å²) in [6.07, 6.45) is -0.0368. The lowest BCUT2D eigenvalue weighted by molar-refractivity contribution is -0.121. The number of carboxylic acids is 1. The number of nitrogens with zero attached hydrogens (tertiary/aromatic N) is 1. The molecule has 1 atom stereocenters. The molecule has 3 aromatic carbocycles. The molecule has 12 heteroatoms.